The molecule has 1 aromatic carbocycles. The van der Waals surface area contributed by atoms with Gasteiger partial charge >= 0.3 is 11.9 Å². The van der Waals surface area contributed by atoms with Crippen molar-refractivity contribution in [3.8, 4) is 0 Å². The van der Waals surface area contributed by atoms with Gasteiger partial charge in [0, 0.05) is 12.8 Å². The van der Waals surface area contributed by atoms with E-state index in [0.717, 1.165) is 0 Å². The Morgan fingerprint density at radius 2 is 1.46 bits per heavy atom. The summed E-state index contributed by atoms with van der Waals surface area (Å²) >= 11 is 0. The smallest absolute Gasteiger partial charge is 0.326 e. The highest BCUT2D eigenvalue weighted by atomic mass is 16.4. The molecule has 0 heterocycles. The van der Waals surface area contributed by atoms with Crippen molar-refractivity contribution < 1.29 is 39.0 Å². The molecule has 0 fully saturated rings. The summed E-state index contributed by atoms with van der Waals surface area (Å²) in [4.78, 5) is 72.4. The topological polar surface area (TPSA) is 231 Å². The molecule has 5 atom stereocenters. The zero-order valence-corrected chi connectivity index (χ0v) is 20.8. The Hall–Kier alpha value is -4.00. The van der Waals surface area contributed by atoms with E-state index in [-0.39, 0.29) is 12.8 Å². The summed E-state index contributed by atoms with van der Waals surface area (Å²) in [5, 5.41) is 25.8. The number of carbonyl (C=O) groups is 6. The molecule has 0 saturated carbocycles. The standard InChI is InChI=1S/C24H35N5O8/c1-3-13(2)20(24(36)37)29-23(35)17(11-14-7-5-4-6-8-14)28-22(34)16(9-10-19(31)32)27-21(33)15(25)12-18(26)30/h4-8,13,15-17,20H,3,9-12,25H2,1-2H3,(H2,26,30)(H,27,33)(H,28,34)(H,29,35)(H,31,32)(H,36,37). The van der Waals surface area contributed by atoms with Gasteiger partial charge in [0.15, 0.2) is 0 Å². The van der Waals surface area contributed by atoms with E-state index in [4.69, 9.17) is 16.6 Å². The molecule has 13 heteroatoms. The molecule has 0 aromatic heterocycles. The number of benzene rings is 1. The molecule has 13 nitrogen and oxygen atoms in total. The summed E-state index contributed by atoms with van der Waals surface area (Å²) in [7, 11) is 0. The van der Waals surface area contributed by atoms with Gasteiger partial charge in [0.25, 0.3) is 0 Å². The minimum atomic E-state index is -1.40. The summed E-state index contributed by atoms with van der Waals surface area (Å²) in [6, 6.07) is 3.40. The molecule has 0 spiro atoms. The van der Waals surface area contributed by atoms with Gasteiger partial charge in [-0.25, -0.2) is 4.79 Å². The Morgan fingerprint density at radius 3 is 1.97 bits per heavy atom. The number of carboxylic acid groups (broad SMARTS) is 2. The minimum Gasteiger partial charge on any atom is -0.481 e. The molecule has 9 N–H and O–H groups in total. The molecule has 5 unspecified atom stereocenters. The Morgan fingerprint density at radius 1 is 0.892 bits per heavy atom. The SMILES string of the molecule is CCC(C)C(NC(=O)C(Cc1ccccc1)NC(=O)C(CCC(=O)O)NC(=O)C(N)CC(N)=O)C(=O)O. The van der Waals surface area contributed by atoms with Gasteiger partial charge in [-0.2, -0.15) is 0 Å². The molecule has 0 radical (unpaired) electrons. The Balaban J connectivity index is 3.17. The first kappa shape index (κ1) is 31.0. The first-order valence-corrected chi connectivity index (χ1v) is 11.8. The number of rotatable bonds is 16. The third-order valence-electron chi connectivity index (χ3n) is 5.73. The highest BCUT2D eigenvalue weighted by Crippen LogP contribution is 2.10. The molecular formula is C24H35N5O8. The lowest BCUT2D eigenvalue weighted by Crippen LogP contribution is -2.58. The van der Waals surface area contributed by atoms with Crippen LogP contribution in [-0.2, 0) is 35.2 Å². The van der Waals surface area contributed by atoms with Crippen LogP contribution in [0.25, 0.3) is 0 Å². The predicted molar refractivity (Wildman–Crippen MR) is 132 cm³/mol. The molecule has 0 bridgehead atoms. The number of hydrogen-bond donors (Lipinski definition) is 7. The molecule has 4 amide bonds. The van der Waals surface area contributed by atoms with Crippen molar-refractivity contribution in [3.05, 3.63) is 35.9 Å². The normalized spacial score (nSPS) is 14.8. The maximum atomic E-state index is 13.1. The lowest BCUT2D eigenvalue weighted by molar-refractivity contribution is -0.143. The van der Waals surface area contributed by atoms with Crippen molar-refractivity contribution in [3.63, 3.8) is 0 Å². The maximum Gasteiger partial charge on any atom is 0.326 e. The van der Waals surface area contributed by atoms with Crippen LogP contribution in [-0.4, -0.2) is 69.9 Å². The van der Waals surface area contributed by atoms with Gasteiger partial charge in [0.1, 0.15) is 18.1 Å². The van der Waals surface area contributed by atoms with Crippen molar-refractivity contribution in [1.29, 1.82) is 0 Å². The number of primary amides is 1. The summed E-state index contributed by atoms with van der Waals surface area (Å²) in [5.74, 6) is -6.26. The van der Waals surface area contributed by atoms with E-state index >= 15 is 0 Å². The van der Waals surface area contributed by atoms with E-state index in [0.29, 0.717) is 12.0 Å². The largest absolute Gasteiger partial charge is 0.481 e. The van der Waals surface area contributed by atoms with Crippen LogP contribution < -0.4 is 27.4 Å². The van der Waals surface area contributed by atoms with Gasteiger partial charge in [-0.3, -0.25) is 24.0 Å². The maximum absolute atomic E-state index is 13.1. The number of amides is 4. The fourth-order valence-electron chi connectivity index (χ4n) is 3.39. The van der Waals surface area contributed by atoms with E-state index in [1.54, 1.807) is 44.2 Å². The first-order chi connectivity index (χ1) is 17.3. The van der Waals surface area contributed by atoms with Crippen LogP contribution in [0.2, 0.25) is 0 Å². The second-order valence-electron chi connectivity index (χ2n) is 8.73. The van der Waals surface area contributed by atoms with E-state index in [2.05, 4.69) is 16.0 Å². The lowest BCUT2D eigenvalue weighted by Gasteiger charge is -2.26. The zero-order valence-electron chi connectivity index (χ0n) is 20.8. The second-order valence-corrected chi connectivity index (χ2v) is 8.73. The highest BCUT2D eigenvalue weighted by molar-refractivity contribution is 5.95. The number of carboxylic acids is 2. The number of nitrogens with two attached hydrogens (primary N) is 2. The van der Waals surface area contributed by atoms with Crippen molar-refractivity contribution in [2.45, 2.75) is 70.1 Å². The Labute approximate surface area is 214 Å². The van der Waals surface area contributed by atoms with Crippen molar-refractivity contribution in [2.24, 2.45) is 17.4 Å². The molecule has 1 rings (SSSR count). The van der Waals surface area contributed by atoms with E-state index in [1.165, 1.54) is 0 Å². The van der Waals surface area contributed by atoms with Crippen LogP contribution in [0.3, 0.4) is 0 Å². The summed E-state index contributed by atoms with van der Waals surface area (Å²) in [5.41, 5.74) is 11.3. The molecule has 0 aliphatic heterocycles. The van der Waals surface area contributed by atoms with E-state index in [1.807, 2.05) is 0 Å². The number of nitrogens with one attached hydrogen (secondary N) is 3. The predicted octanol–water partition coefficient (Wildman–Crippen LogP) is -1.12. The van der Waals surface area contributed by atoms with E-state index < -0.39 is 78.5 Å². The Kier molecular flexibility index (Phi) is 12.7. The van der Waals surface area contributed by atoms with Crippen molar-refractivity contribution in [1.82, 2.24) is 16.0 Å². The van der Waals surface area contributed by atoms with Gasteiger partial charge < -0.3 is 37.6 Å². The van der Waals surface area contributed by atoms with Crippen molar-refractivity contribution >= 4 is 35.6 Å². The van der Waals surface area contributed by atoms with Crippen LogP contribution in [0.15, 0.2) is 30.3 Å². The van der Waals surface area contributed by atoms with Crippen LogP contribution in [0.5, 0.6) is 0 Å². The summed E-state index contributed by atoms with van der Waals surface area (Å²) in [6.45, 7) is 3.44. The van der Waals surface area contributed by atoms with Gasteiger partial charge in [0.2, 0.25) is 23.6 Å². The molecule has 37 heavy (non-hydrogen) atoms. The molecular weight excluding hydrogens is 486 g/mol. The fourth-order valence-corrected chi connectivity index (χ4v) is 3.39. The third-order valence-corrected chi connectivity index (χ3v) is 5.73. The van der Waals surface area contributed by atoms with Crippen molar-refractivity contribution in [2.75, 3.05) is 0 Å². The molecule has 204 valence electrons. The number of aliphatic carboxylic acids is 2. The number of hydrogen-bond acceptors (Lipinski definition) is 7. The quantitative estimate of drug-likeness (QED) is 0.139. The average molecular weight is 522 g/mol. The van der Waals surface area contributed by atoms with Gasteiger partial charge in [-0.05, 0) is 17.9 Å². The minimum absolute atomic E-state index is 0.00789. The molecule has 0 aliphatic rings. The van der Waals surface area contributed by atoms with Crippen LogP contribution in [0.1, 0.15) is 45.1 Å². The second kappa shape index (κ2) is 15.2. The van der Waals surface area contributed by atoms with Gasteiger partial charge in [-0.1, -0.05) is 50.6 Å². The van der Waals surface area contributed by atoms with Gasteiger partial charge in [0.05, 0.1) is 12.5 Å². The summed E-state index contributed by atoms with van der Waals surface area (Å²) in [6.07, 6.45) is -0.854. The molecule has 0 saturated heterocycles. The van der Waals surface area contributed by atoms with Crippen LogP contribution >= 0.6 is 0 Å². The van der Waals surface area contributed by atoms with Crippen LogP contribution in [0.4, 0.5) is 0 Å². The van der Waals surface area contributed by atoms with Gasteiger partial charge in [-0.15, -0.1) is 0 Å². The molecule has 0 aliphatic carbocycles. The first-order valence-electron chi connectivity index (χ1n) is 11.8. The summed E-state index contributed by atoms with van der Waals surface area (Å²) < 4.78 is 0. The lowest BCUT2D eigenvalue weighted by atomic mass is 9.98. The molecule has 1 aromatic rings. The number of carbonyl (C=O) groups excluding carboxylic acids is 4. The zero-order chi connectivity index (χ0) is 28.1. The Bertz CT molecular complexity index is 971. The average Bonchev–Trinajstić information content (AvgIpc) is 2.83. The third kappa shape index (κ3) is 11.1. The fraction of sp³-hybridized carbons (Fsp3) is 0.500. The van der Waals surface area contributed by atoms with Crippen LogP contribution in [0, 0.1) is 5.92 Å². The highest BCUT2D eigenvalue weighted by Gasteiger charge is 2.32. The monoisotopic (exact) mass is 521 g/mol. The van der Waals surface area contributed by atoms with E-state index in [9.17, 15) is 33.9 Å².